The number of hydrogen-bond acceptors (Lipinski definition) is 1. The minimum Gasteiger partial charge on any atom is -0.259 e. The van der Waals surface area contributed by atoms with Gasteiger partial charge in [-0.2, -0.15) is 0 Å². The first-order chi connectivity index (χ1) is 9.10. The lowest BCUT2D eigenvalue weighted by Gasteiger charge is -2.14. The highest BCUT2D eigenvalue weighted by atomic mass is 14.7. The number of rotatable bonds is 5. The Kier molecular flexibility index (Phi) is 6.55. The summed E-state index contributed by atoms with van der Waals surface area (Å²) < 4.78 is 0. The van der Waals surface area contributed by atoms with Crippen LogP contribution in [0.1, 0.15) is 59.8 Å². The Labute approximate surface area is 118 Å². The van der Waals surface area contributed by atoms with Crippen LogP contribution in [0.25, 0.3) is 0 Å². The summed E-state index contributed by atoms with van der Waals surface area (Å²) in [6.07, 6.45) is 12.7. The Morgan fingerprint density at radius 2 is 1.95 bits per heavy atom. The van der Waals surface area contributed by atoms with Gasteiger partial charge in [0.05, 0.1) is 0 Å². The van der Waals surface area contributed by atoms with Gasteiger partial charge in [0.1, 0.15) is 0 Å². The first-order valence-corrected chi connectivity index (χ1v) is 7.40. The van der Waals surface area contributed by atoms with E-state index < -0.39 is 0 Å². The third-order valence-corrected chi connectivity index (χ3v) is 3.45. The van der Waals surface area contributed by atoms with Crippen molar-refractivity contribution in [3.8, 4) is 0 Å². The number of hydrogen-bond donors (Lipinski definition) is 0. The molecule has 1 heteroatoms. The fraction of sp³-hybridized carbons (Fsp3) is 0.500. The highest BCUT2D eigenvalue weighted by Gasteiger charge is 2.10. The van der Waals surface area contributed by atoms with E-state index in [0.29, 0.717) is 0 Å². The van der Waals surface area contributed by atoms with Crippen molar-refractivity contribution < 1.29 is 0 Å². The molecular formula is C18H27N. The first kappa shape index (κ1) is 15.7. The Balaban J connectivity index is 3.24. The lowest BCUT2D eigenvalue weighted by Crippen LogP contribution is -2.03. The third-order valence-electron chi connectivity index (χ3n) is 3.45. The van der Waals surface area contributed by atoms with E-state index in [4.69, 9.17) is 0 Å². The SMILES string of the molecule is C=C(C)N=C(C)/C(CC)=C(\CC)C1=CCCCC=C1. The molecule has 0 heterocycles. The summed E-state index contributed by atoms with van der Waals surface area (Å²) >= 11 is 0. The minimum atomic E-state index is 0.879. The van der Waals surface area contributed by atoms with Gasteiger partial charge >= 0.3 is 0 Å². The molecule has 0 N–H and O–H groups in total. The molecule has 0 unspecified atom stereocenters. The molecule has 0 saturated carbocycles. The quantitative estimate of drug-likeness (QED) is 0.555. The molecule has 0 bridgehead atoms. The van der Waals surface area contributed by atoms with Crippen LogP contribution < -0.4 is 0 Å². The van der Waals surface area contributed by atoms with Gasteiger partial charge in [-0.15, -0.1) is 0 Å². The van der Waals surface area contributed by atoms with Gasteiger partial charge in [-0.05, 0) is 62.7 Å². The minimum absolute atomic E-state index is 0.879. The van der Waals surface area contributed by atoms with E-state index in [1.54, 1.807) is 0 Å². The second kappa shape index (κ2) is 7.93. The number of nitrogens with zero attached hydrogens (tertiary/aromatic N) is 1. The summed E-state index contributed by atoms with van der Waals surface area (Å²) in [4.78, 5) is 4.55. The van der Waals surface area contributed by atoms with Crippen LogP contribution in [0, 0.1) is 0 Å². The summed E-state index contributed by atoms with van der Waals surface area (Å²) in [5.74, 6) is 0. The normalized spacial score (nSPS) is 17.7. The van der Waals surface area contributed by atoms with Crippen molar-refractivity contribution in [2.75, 3.05) is 0 Å². The Bertz CT molecular complexity index is 444. The van der Waals surface area contributed by atoms with Gasteiger partial charge in [0.15, 0.2) is 0 Å². The molecule has 1 nitrogen and oxygen atoms in total. The van der Waals surface area contributed by atoms with Gasteiger partial charge in [-0.3, -0.25) is 4.99 Å². The molecular weight excluding hydrogens is 230 g/mol. The lowest BCUT2D eigenvalue weighted by molar-refractivity contribution is 0.874. The standard InChI is InChI=1S/C18H27N/c1-6-17(15(5)19-14(3)4)18(7-2)16-12-10-8-9-11-13-16/h10,12-13H,3,6-9,11H2,1-2,4-5H3/b18-17+,19-15?. The maximum atomic E-state index is 4.55. The van der Waals surface area contributed by atoms with Gasteiger partial charge in [0.25, 0.3) is 0 Å². The summed E-state index contributed by atoms with van der Waals surface area (Å²) in [7, 11) is 0. The maximum Gasteiger partial charge on any atom is 0.0410 e. The van der Waals surface area contributed by atoms with Crippen LogP contribution in [-0.2, 0) is 0 Å². The number of allylic oxidation sites excluding steroid dienone is 7. The molecule has 0 saturated heterocycles. The molecule has 0 amide bonds. The Morgan fingerprint density at radius 3 is 2.53 bits per heavy atom. The Morgan fingerprint density at radius 1 is 1.21 bits per heavy atom. The molecule has 0 radical (unpaired) electrons. The smallest absolute Gasteiger partial charge is 0.0410 e. The lowest BCUT2D eigenvalue weighted by atomic mass is 9.92. The molecule has 1 aliphatic rings. The largest absolute Gasteiger partial charge is 0.259 e. The summed E-state index contributed by atoms with van der Waals surface area (Å²) in [5, 5.41) is 0. The van der Waals surface area contributed by atoms with Crippen LogP contribution in [0.4, 0.5) is 0 Å². The van der Waals surface area contributed by atoms with Crippen LogP contribution in [0.2, 0.25) is 0 Å². The predicted molar refractivity (Wildman–Crippen MR) is 86.6 cm³/mol. The van der Waals surface area contributed by atoms with Gasteiger partial charge in [0.2, 0.25) is 0 Å². The van der Waals surface area contributed by atoms with Crippen molar-refractivity contribution in [3.63, 3.8) is 0 Å². The molecule has 104 valence electrons. The van der Waals surface area contributed by atoms with Crippen molar-refractivity contribution >= 4 is 5.71 Å². The number of aliphatic imine (C=N–C) groups is 1. The summed E-state index contributed by atoms with van der Waals surface area (Å²) in [6.45, 7) is 12.4. The monoisotopic (exact) mass is 257 g/mol. The molecule has 19 heavy (non-hydrogen) atoms. The summed E-state index contributed by atoms with van der Waals surface area (Å²) in [5.41, 5.74) is 6.22. The summed E-state index contributed by atoms with van der Waals surface area (Å²) in [6, 6.07) is 0. The molecule has 0 fully saturated rings. The second-order valence-corrected chi connectivity index (χ2v) is 5.09. The Hall–Kier alpha value is -1.37. The zero-order valence-corrected chi connectivity index (χ0v) is 12.9. The van der Waals surface area contributed by atoms with Gasteiger partial charge in [-0.25, -0.2) is 0 Å². The van der Waals surface area contributed by atoms with E-state index in [-0.39, 0.29) is 0 Å². The van der Waals surface area contributed by atoms with Gasteiger partial charge < -0.3 is 0 Å². The van der Waals surface area contributed by atoms with Crippen LogP contribution in [0.3, 0.4) is 0 Å². The zero-order valence-electron chi connectivity index (χ0n) is 12.9. The molecule has 0 aromatic rings. The van der Waals surface area contributed by atoms with Crippen LogP contribution >= 0.6 is 0 Å². The topological polar surface area (TPSA) is 12.4 Å². The van der Waals surface area contributed by atoms with Crippen LogP contribution in [0.15, 0.2) is 52.2 Å². The van der Waals surface area contributed by atoms with Crippen molar-refractivity contribution in [3.05, 3.63) is 47.2 Å². The van der Waals surface area contributed by atoms with E-state index in [9.17, 15) is 0 Å². The fourth-order valence-electron chi connectivity index (χ4n) is 2.63. The van der Waals surface area contributed by atoms with Crippen molar-refractivity contribution in [2.45, 2.75) is 59.8 Å². The highest BCUT2D eigenvalue weighted by molar-refractivity contribution is 6.00. The molecule has 0 spiro atoms. The van der Waals surface area contributed by atoms with E-state index >= 15 is 0 Å². The molecule has 0 aliphatic heterocycles. The van der Waals surface area contributed by atoms with Crippen molar-refractivity contribution in [1.29, 1.82) is 0 Å². The highest BCUT2D eigenvalue weighted by Crippen LogP contribution is 2.26. The average molecular weight is 257 g/mol. The fourth-order valence-corrected chi connectivity index (χ4v) is 2.63. The average Bonchev–Trinajstić information content (AvgIpc) is 2.63. The molecule has 1 aliphatic carbocycles. The second-order valence-electron chi connectivity index (χ2n) is 5.09. The van der Waals surface area contributed by atoms with E-state index in [2.05, 4.69) is 50.6 Å². The van der Waals surface area contributed by atoms with Crippen LogP contribution in [0.5, 0.6) is 0 Å². The van der Waals surface area contributed by atoms with Gasteiger partial charge in [-0.1, -0.05) is 38.7 Å². The maximum absolute atomic E-state index is 4.55. The molecule has 0 aromatic heterocycles. The van der Waals surface area contributed by atoms with Crippen molar-refractivity contribution in [1.82, 2.24) is 0 Å². The first-order valence-electron chi connectivity index (χ1n) is 7.40. The van der Waals surface area contributed by atoms with Crippen LogP contribution in [-0.4, -0.2) is 5.71 Å². The van der Waals surface area contributed by atoms with E-state index in [1.165, 1.54) is 36.0 Å². The van der Waals surface area contributed by atoms with Crippen molar-refractivity contribution in [2.24, 2.45) is 4.99 Å². The zero-order chi connectivity index (χ0) is 14.3. The predicted octanol–water partition coefficient (Wildman–Crippen LogP) is 5.76. The molecule has 0 atom stereocenters. The van der Waals surface area contributed by atoms with Gasteiger partial charge in [0, 0.05) is 11.4 Å². The molecule has 1 rings (SSSR count). The van der Waals surface area contributed by atoms with E-state index in [1.807, 2.05) is 6.92 Å². The van der Waals surface area contributed by atoms with E-state index in [0.717, 1.165) is 24.3 Å². The molecule has 0 aromatic carbocycles. The third kappa shape index (κ3) is 4.66.